The molecule has 2 aromatic heterocycles. The van der Waals surface area contributed by atoms with E-state index in [2.05, 4.69) is 380 Å². The lowest BCUT2D eigenvalue weighted by Gasteiger charge is -2.21. The summed E-state index contributed by atoms with van der Waals surface area (Å²) in [6.07, 6.45) is 0. The van der Waals surface area contributed by atoms with E-state index in [0.29, 0.717) is 34.9 Å². The van der Waals surface area contributed by atoms with E-state index < -0.39 is 0 Å². The van der Waals surface area contributed by atoms with Crippen molar-refractivity contribution in [3.63, 3.8) is 0 Å². The van der Waals surface area contributed by atoms with E-state index >= 15 is 0 Å². The van der Waals surface area contributed by atoms with Gasteiger partial charge in [0.2, 0.25) is 0 Å². The first-order valence-corrected chi connectivity index (χ1v) is 37.9. The van der Waals surface area contributed by atoms with Crippen LogP contribution in [0.15, 0.2) is 352 Å². The molecule has 18 aromatic carbocycles. The molecule has 0 radical (unpaired) electrons. The quantitative estimate of drug-likeness (QED) is 0.141. The maximum absolute atomic E-state index is 5.33. The third kappa shape index (κ3) is 10.6. The standard InChI is InChI=1S/2C52H35N3/c1-52(2)46-24-12-11-22-43(46)48-38(23-13-25-47(48)52)32-26-28-33(29-27-32)49-53-50(44-30-34-14-3-5-16-36(34)39-18-7-9-20-41(39)44)55-51(54-49)45-31-35-15-4-6-17-37(35)40-19-8-10-21-42(40)45;1-52(2)47-14-8-7-13-43(47)46-29-38(27-28-48(46)52)32-15-23-37(24-16-32)49-53-50(39-25-21-35-19-17-33-9-3-5-11-41(33)44(35)30-39)55-51(54-49)40-26-22-36-20-18-34-10-4-6-12-42(34)45(36)31-40/h2*3-31H,1-2H3. The fourth-order valence-electron chi connectivity index (χ4n) is 17.8. The lowest BCUT2D eigenvalue weighted by Crippen LogP contribution is -2.14. The fourth-order valence-corrected chi connectivity index (χ4v) is 17.8. The number of hydrogen-bond acceptors (Lipinski definition) is 6. The molecule has 2 heterocycles. The number of benzene rings is 18. The van der Waals surface area contributed by atoms with Crippen molar-refractivity contribution in [1.29, 1.82) is 0 Å². The van der Waals surface area contributed by atoms with Crippen LogP contribution in [0.25, 0.3) is 199 Å². The van der Waals surface area contributed by atoms with E-state index in [1.54, 1.807) is 0 Å². The Morgan fingerprint density at radius 1 is 0.164 bits per heavy atom. The Labute approximate surface area is 637 Å². The minimum atomic E-state index is -0.0561. The highest BCUT2D eigenvalue weighted by Crippen LogP contribution is 2.53. The lowest BCUT2D eigenvalue weighted by molar-refractivity contribution is 0.660. The molecule has 0 spiro atoms. The zero-order chi connectivity index (χ0) is 73.3. The van der Waals surface area contributed by atoms with Crippen LogP contribution >= 0.6 is 0 Å². The number of aromatic nitrogens is 6. The first-order valence-electron chi connectivity index (χ1n) is 37.9. The lowest BCUT2D eigenvalue weighted by atomic mass is 9.82. The van der Waals surface area contributed by atoms with Gasteiger partial charge in [-0.05, 0) is 183 Å². The summed E-state index contributed by atoms with van der Waals surface area (Å²) in [6.45, 7) is 9.31. The van der Waals surface area contributed by atoms with Crippen LogP contribution in [0, 0.1) is 0 Å². The van der Waals surface area contributed by atoms with Crippen LogP contribution in [-0.4, -0.2) is 29.9 Å². The van der Waals surface area contributed by atoms with E-state index in [4.69, 9.17) is 29.9 Å². The van der Waals surface area contributed by atoms with Gasteiger partial charge in [0.25, 0.3) is 0 Å². The predicted molar refractivity (Wildman–Crippen MR) is 458 cm³/mol. The van der Waals surface area contributed by atoms with Gasteiger partial charge >= 0.3 is 0 Å². The molecule has 0 atom stereocenters. The van der Waals surface area contributed by atoms with Crippen molar-refractivity contribution in [2.75, 3.05) is 0 Å². The van der Waals surface area contributed by atoms with Crippen molar-refractivity contribution in [2.45, 2.75) is 38.5 Å². The smallest absolute Gasteiger partial charge is 0.164 e. The molecular formula is C104H70N6. The Kier molecular flexibility index (Phi) is 14.9. The summed E-state index contributed by atoms with van der Waals surface area (Å²) in [5, 5.41) is 18.9. The van der Waals surface area contributed by atoms with E-state index in [1.807, 2.05) is 0 Å². The van der Waals surface area contributed by atoms with Crippen molar-refractivity contribution >= 4 is 86.2 Å². The van der Waals surface area contributed by atoms with Gasteiger partial charge < -0.3 is 0 Å². The van der Waals surface area contributed by atoms with Gasteiger partial charge in [0.15, 0.2) is 34.9 Å². The Morgan fingerprint density at radius 3 is 1.00 bits per heavy atom. The average molecular weight is 1400 g/mol. The van der Waals surface area contributed by atoms with Crippen LogP contribution in [0.5, 0.6) is 0 Å². The second kappa shape index (κ2) is 25.4. The molecule has 0 fully saturated rings. The normalized spacial score (nSPS) is 13.1. The van der Waals surface area contributed by atoms with Gasteiger partial charge in [-0.15, -0.1) is 0 Å². The maximum atomic E-state index is 5.33. The number of rotatable bonds is 8. The summed E-state index contributed by atoms with van der Waals surface area (Å²) >= 11 is 0. The van der Waals surface area contributed by atoms with Gasteiger partial charge in [0, 0.05) is 44.2 Å². The van der Waals surface area contributed by atoms with Gasteiger partial charge in [-0.1, -0.05) is 349 Å². The van der Waals surface area contributed by atoms with Gasteiger partial charge in [-0.3, -0.25) is 0 Å². The summed E-state index contributed by atoms with van der Waals surface area (Å²) in [5.41, 5.74) is 21.3. The van der Waals surface area contributed by atoms with Crippen molar-refractivity contribution in [1.82, 2.24) is 29.9 Å². The molecule has 0 aliphatic heterocycles. The summed E-state index contributed by atoms with van der Waals surface area (Å²) in [4.78, 5) is 31.4. The molecule has 2 aliphatic carbocycles. The molecule has 6 nitrogen and oxygen atoms in total. The Morgan fingerprint density at radius 2 is 0.482 bits per heavy atom. The second-order valence-corrected chi connectivity index (χ2v) is 30.4. The zero-order valence-corrected chi connectivity index (χ0v) is 61.2. The highest BCUT2D eigenvalue weighted by Gasteiger charge is 2.37. The molecule has 22 rings (SSSR count). The van der Waals surface area contributed by atoms with Crippen molar-refractivity contribution in [2.24, 2.45) is 0 Å². The van der Waals surface area contributed by atoms with Crippen molar-refractivity contribution in [3.05, 3.63) is 374 Å². The molecule has 0 amide bonds. The molecule has 110 heavy (non-hydrogen) atoms. The first-order chi connectivity index (χ1) is 54.0. The summed E-state index contributed by atoms with van der Waals surface area (Å²) in [6, 6.07) is 126. The molecule has 2 aliphatic rings. The Hall–Kier alpha value is -13.9. The summed E-state index contributed by atoms with van der Waals surface area (Å²) in [5.74, 6) is 3.90. The SMILES string of the molecule is CC1(C)c2ccccc2-c2c(-c3ccc(-c4nc(-c5cc6ccccc6c6ccccc56)nc(-c5cc6ccccc6c6ccccc56)n4)cc3)cccc21.CC1(C)c2ccccc2-c2cc(-c3ccc(-c4nc(-c5ccc6ccc7ccccc7c6c5)nc(-c5ccc6ccc7ccccc7c6c5)n4)cc3)ccc21. The molecular weight excluding hydrogens is 1330 g/mol. The fraction of sp³-hybridized carbons (Fsp3) is 0.0577. The van der Waals surface area contributed by atoms with Crippen LogP contribution < -0.4 is 0 Å². The largest absolute Gasteiger partial charge is 0.208 e. The highest BCUT2D eigenvalue weighted by molar-refractivity contribution is 6.16. The molecule has 0 saturated carbocycles. The Balaban J connectivity index is 0.000000140. The third-order valence-electron chi connectivity index (χ3n) is 23.4. The second-order valence-electron chi connectivity index (χ2n) is 30.4. The van der Waals surface area contributed by atoms with Crippen LogP contribution in [0.1, 0.15) is 49.9 Å². The number of fused-ring (bicyclic) bond motifs is 18. The monoisotopic (exact) mass is 1400 g/mol. The zero-order valence-electron chi connectivity index (χ0n) is 61.2. The molecule has 6 heteroatoms. The summed E-state index contributed by atoms with van der Waals surface area (Å²) < 4.78 is 0. The van der Waals surface area contributed by atoms with E-state index in [0.717, 1.165) is 60.5 Å². The van der Waals surface area contributed by atoms with E-state index in [-0.39, 0.29) is 10.8 Å². The summed E-state index contributed by atoms with van der Waals surface area (Å²) in [7, 11) is 0. The Bertz CT molecular complexity index is 6940. The molecule has 0 unspecified atom stereocenters. The van der Waals surface area contributed by atoms with Gasteiger partial charge in [0.05, 0.1) is 0 Å². The van der Waals surface area contributed by atoms with Gasteiger partial charge in [-0.25, -0.2) is 29.9 Å². The van der Waals surface area contributed by atoms with Crippen LogP contribution in [-0.2, 0) is 10.8 Å². The maximum Gasteiger partial charge on any atom is 0.164 e. The third-order valence-corrected chi connectivity index (χ3v) is 23.4. The van der Waals surface area contributed by atoms with Crippen LogP contribution in [0.3, 0.4) is 0 Å². The minimum Gasteiger partial charge on any atom is -0.208 e. The molecule has 0 bridgehead atoms. The molecule has 20 aromatic rings. The highest BCUT2D eigenvalue weighted by atomic mass is 15.0. The van der Waals surface area contributed by atoms with Gasteiger partial charge in [-0.2, -0.15) is 0 Å². The molecule has 0 N–H and O–H groups in total. The topological polar surface area (TPSA) is 77.3 Å². The number of hydrogen-bond donors (Lipinski definition) is 0. The van der Waals surface area contributed by atoms with Crippen molar-refractivity contribution < 1.29 is 0 Å². The average Bonchev–Trinajstić information content (AvgIpc) is 1.51. The van der Waals surface area contributed by atoms with Crippen molar-refractivity contribution in [3.8, 4) is 113 Å². The van der Waals surface area contributed by atoms with Crippen LogP contribution in [0.2, 0.25) is 0 Å². The first kappa shape index (κ1) is 64.4. The van der Waals surface area contributed by atoms with Crippen LogP contribution in [0.4, 0.5) is 0 Å². The number of nitrogens with zero attached hydrogens (tertiary/aromatic N) is 6. The molecule has 516 valence electrons. The molecule has 0 saturated heterocycles. The minimum absolute atomic E-state index is 0.0152. The predicted octanol–water partition coefficient (Wildman–Crippen LogP) is 26.9. The van der Waals surface area contributed by atoms with E-state index in [9.17, 15) is 0 Å². The van der Waals surface area contributed by atoms with Gasteiger partial charge in [0.1, 0.15) is 0 Å². The van der Waals surface area contributed by atoms with E-state index in [1.165, 1.54) is 126 Å².